The number of nitrogens with zero attached hydrogens (tertiary/aromatic N) is 4. The van der Waals surface area contributed by atoms with Crippen LogP contribution in [0.15, 0.2) is 6.07 Å². The molecule has 0 amide bonds. The summed E-state index contributed by atoms with van der Waals surface area (Å²) in [7, 11) is 0. The second kappa shape index (κ2) is 16.4. The van der Waals surface area contributed by atoms with Crippen LogP contribution in [-0.4, -0.2) is 78.8 Å². The van der Waals surface area contributed by atoms with E-state index in [0.717, 1.165) is 50.5 Å². The van der Waals surface area contributed by atoms with E-state index in [1.54, 1.807) is 0 Å². The Bertz CT molecular complexity index is 905. The van der Waals surface area contributed by atoms with Gasteiger partial charge in [-0.3, -0.25) is 4.90 Å². The van der Waals surface area contributed by atoms with Gasteiger partial charge in [-0.05, 0) is 102 Å². The van der Waals surface area contributed by atoms with Crippen molar-refractivity contribution >= 4 is 17.6 Å². The molecule has 3 saturated carbocycles. The van der Waals surface area contributed by atoms with Gasteiger partial charge in [-0.1, -0.05) is 51.9 Å². The Labute approximate surface area is 256 Å². The summed E-state index contributed by atoms with van der Waals surface area (Å²) in [5, 5.41) is 11.1. The number of piperazine rings is 1. The smallest absolute Gasteiger partial charge is 0.226 e. The number of nitrogens with one attached hydrogen (secondary N) is 3. The van der Waals surface area contributed by atoms with Crippen molar-refractivity contribution in [2.75, 3.05) is 68.3 Å². The van der Waals surface area contributed by atoms with Gasteiger partial charge in [0.25, 0.3) is 0 Å². The first-order chi connectivity index (χ1) is 20.6. The van der Waals surface area contributed by atoms with Crippen LogP contribution in [0.2, 0.25) is 0 Å². The molecule has 0 bridgehead atoms. The second-order valence-electron chi connectivity index (χ2n) is 14.1. The molecular formula is C34H62N8. The lowest BCUT2D eigenvalue weighted by molar-refractivity contribution is 0.0375. The number of hydrogen-bond acceptors (Lipinski definition) is 8. The molecule has 8 nitrogen and oxygen atoms in total. The van der Waals surface area contributed by atoms with E-state index in [1.807, 2.05) is 6.07 Å². The predicted octanol–water partition coefficient (Wildman–Crippen LogP) is 5.80. The molecule has 0 atom stereocenters. The van der Waals surface area contributed by atoms with Crippen LogP contribution >= 0.6 is 0 Å². The van der Waals surface area contributed by atoms with E-state index in [2.05, 4.69) is 37.7 Å². The maximum atomic E-state index is 6.33. The minimum absolute atomic E-state index is 0.304. The zero-order chi connectivity index (χ0) is 29.0. The fourth-order valence-corrected chi connectivity index (χ4v) is 8.29. The van der Waals surface area contributed by atoms with Crippen LogP contribution in [0.1, 0.15) is 116 Å². The van der Waals surface area contributed by atoms with Crippen molar-refractivity contribution in [3.05, 3.63) is 6.07 Å². The molecular weight excluding hydrogens is 520 g/mol. The standard InChI is InChI=1S/C34H62N8/c1-2-3-21-42-23-22-41(27-34(42)17-8-5-9-18-34)32-24-31(35)39-33(40-32)38-26-29-15-13-28(14-16-29)25-36-19-10-20-37-30-11-6-4-7-12-30/h24,28-30,36-37H,2-23,25-27H2,1H3,(H3,35,38,39,40). The van der Waals surface area contributed by atoms with Gasteiger partial charge in [0.15, 0.2) is 0 Å². The first-order valence-corrected chi connectivity index (χ1v) is 18.0. The Hall–Kier alpha value is -1.64. The van der Waals surface area contributed by atoms with Gasteiger partial charge in [0.1, 0.15) is 11.6 Å². The summed E-state index contributed by atoms with van der Waals surface area (Å²) in [5.41, 5.74) is 6.64. The summed E-state index contributed by atoms with van der Waals surface area (Å²) in [5.74, 6) is 3.82. The van der Waals surface area contributed by atoms with Crippen LogP contribution in [0.25, 0.3) is 0 Å². The van der Waals surface area contributed by atoms with Gasteiger partial charge in [-0.25, -0.2) is 0 Å². The number of hydrogen-bond donors (Lipinski definition) is 4. The molecule has 2 heterocycles. The van der Waals surface area contributed by atoms with Gasteiger partial charge in [0, 0.05) is 43.8 Å². The third-order valence-electron chi connectivity index (χ3n) is 10.9. The molecule has 1 aromatic rings. The number of nitrogens with two attached hydrogens (primary N) is 1. The molecule has 42 heavy (non-hydrogen) atoms. The van der Waals surface area contributed by atoms with Gasteiger partial charge in [0.2, 0.25) is 5.95 Å². The lowest BCUT2D eigenvalue weighted by Gasteiger charge is -2.53. The minimum Gasteiger partial charge on any atom is -0.383 e. The fourth-order valence-electron chi connectivity index (χ4n) is 8.29. The molecule has 1 spiro atoms. The molecule has 0 radical (unpaired) electrons. The highest BCUT2D eigenvalue weighted by Crippen LogP contribution is 2.38. The molecule has 1 aliphatic heterocycles. The Morgan fingerprint density at radius 3 is 2.36 bits per heavy atom. The van der Waals surface area contributed by atoms with Crippen LogP contribution < -0.4 is 26.6 Å². The topological polar surface area (TPSA) is 94.4 Å². The Balaban J connectivity index is 1.02. The maximum Gasteiger partial charge on any atom is 0.226 e. The predicted molar refractivity (Wildman–Crippen MR) is 177 cm³/mol. The molecule has 1 aromatic heterocycles. The van der Waals surface area contributed by atoms with Gasteiger partial charge in [-0.2, -0.15) is 9.97 Å². The average Bonchev–Trinajstić information content (AvgIpc) is 3.02. The molecule has 3 aliphatic carbocycles. The van der Waals surface area contributed by atoms with E-state index in [4.69, 9.17) is 10.7 Å². The first-order valence-electron chi connectivity index (χ1n) is 18.0. The summed E-state index contributed by atoms with van der Waals surface area (Å²) in [6.45, 7) is 11.2. The van der Waals surface area contributed by atoms with Crippen molar-refractivity contribution in [1.82, 2.24) is 25.5 Å². The third kappa shape index (κ3) is 9.18. The molecule has 0 aromatic carbocycles. The third-order valence-corrected chi connectivity index (χ3v) is 10.9. The fraction of sp³-hybridized carbons (Fsp3) is 0.882. The summed E-state index contributed by atoms with van der Waals surface area (Å²) in [4.78, 5) is 14.9. The van der Waals surface area contributed by atoms with E-state index in [0.29, 0.717) is 23.2 Å². The van der Waals surface area contributed by atoms with Crippen LogP contribution in [0.3, 0.4) is 0 Å². The Kier molecular flexibility index (Phi) is 12.4. The number of unbranched alkanes of at least 4 members (excludes halogenated alkanes) is 1. The zero-order valence-corrected chi connectivity index (χ0v) is 26.9. The Morgan fingerprint density at radius 2 is 1.60 bits per heavy atom. The first kappa shape index (κ1) is 31.8. The quantitative estimate of drug-likeness (QED) is 0.204. The highest BCUT2D eigenvalue weighted by molar-refractivity contribution is 5.52. The van der Waals surface area contributed by atoms with Crippen LogP contribution in [-0.2, 0) is 0 Å². The van der Waals surface area contributed by atoms with Gasteiger partial charge in [0.05, 0.1) is 0 Å². The SMILES string of the molecule is CCCCN1CCN(c2cc(N)nc(NCC3CCC(CNCCCNC4CCCCC4)CC3)n2)CC12CCCCC2. The number of rotatable bonds is 14. The normalized spacial score (nSPS) is 25.6. The van der Waals surface area contributed by atoms with Crippen molar-refractivity contribution in [2.45, 2.75) is 128 Å². The molecule has 5 rings (SSSR count). The second-order valence-corrected chi connectivity index (χ2v) is 14.1. The lowest BCUT2D eigenvalue weighted by Crippen LogP contribution is -2.63. The molecule has 5 N–H and O–H groups in total. The van der Waals surface area contributed by atoms with E-state index in [9.17, 15) is 0 Å². The lowest BCUT2D eigenvalue weighted by atomic mass is 9.78. The maximum absolute atomic E-state index is 6.33. The monoisotopic (exact) mass is 583 g/mol. The summed E-state index contributed by atoms with van der Waals surface area (Å²) < 4.78 is 0. The van der Waals surface area contributed by atoms with Crippen molar-refractivity contribution in [3.63, 3.8) is 0 Å². The van der Waals surface area contributed by atoms with Crippen LogP contribution in [0.4, 0.5) is 17.6 Å². The van der Waals surface area contributed by atoms with Crippen LogP contribution in [0, 0.1) is 11.8 Å². The molecule has 1 saturated heterocycles. The van der Waals surface area contributed by atoms with E-state index < -0.39 is 0 Å². The molecule has 4 aliphatic rings. The highest BCUT2D eigenvalue weighted by atomic mass is 15.3. The van der Waals surface area contributed by atoms with Gasteiger partial charge in [-0.15, -0.1) is 0 Å². The van der Waals surface area contributed by atoms with E-state index >= 15 is 0 Å². The van der Waals surface area contributed by atoms with Gasteiger partial charge >= 0.3 is 0 Å². The van der Waals surface area contributed by atoms with Crippen molar-refractivity contribution in [3.8, 4) is 0 Å². The molecule has 0 unspecified atom stereocenters. The average molecular weight is 583 g/mol. The largest absolute Gasteiger partial charge is 0.383 e. The highest BCUT2D eigenvalue weighted by Gasteiger charge is 2.42. The minimum atomic E-state index is 0.304. The molecule has 4 fully saturated rings. The van der Waals surface area contributed by atoms with Gasteiger partial charge < -0.3 is 26.6 Å². The van der Waals surface area contributed by atoms with Crippen molar-refractivity contribution in [1.29, 1.82) is 0 Å². The zero-order valence-electron chi connectivity index (χ0n) is 26.9. The van der Waals surface area contributed by atoms with E-state index in [-0.39, 0.29) is 0 Å². The molecule has 238 valence electrons. The van der Waals surface area contributed by atoms with Crippen molar-refractivity contribution in [2.24, 2.45) is 11.8 Å². The van der Waals surface area contributed by atoms with Crippen LogP contribution in [0.5, 0.6) is 0 Å². The molecule has 8 heteroatoms. The summed E-state index contributed by atoms with van der Waals surface area (Å²) in [6.07, 6.45) is 22.8. The summed E-state index contributed by atoms with van der Waals surface area (Å²) in [6, 6.07) is 2.78. The summed E-state index contributed by atoms with van der Waals surface area (Å²) >= 11 is 0. The number of anilines is 3. The number of nitrogen functional groups attached to an aromatic ring is 1. The van der Waals surface area contributed by atoms with E-state index in [1.165, 1.54) is 129 Å². The Morgan fingerprint density at radius 1 is 0.857 bits per heavy atom. The number of aromatic nitrogens is 2. The van der Waals surface area contributed by atoms with Crippen molar-refractivity contribution < 1.29 is 0 Å².